The van der Waals surface area contributed by atoms with E-state index in [-0.39, 0.29) is 6.61 Å². The number of rotatable bonds is 9. The van der Waals surface area contributed by atoms with Gasteiger partial charge in [0.2, 0.25) is 0 Å². The van der Waals surface area contributed by atoms with Crippen molar-refractivity contribution in [3.63, 3.8) is 0 Å². The monoisotopic (exact) mass is 392 g/mol. The third-order valence-electron chi connectivity index (χ3n) is 4.46. The summed E-state index contributed by atoms with van der Waals surface area (Å²) in [5.74, 6) is 0.269. The summed E-state index contributed by atoms with van der Waals surface area (Å²) in [5.41, 5.74) is 4.36. The number of carboxylic acids is 1. The van der Waals surface area contributed by atoms with Gasteiger partial charge in [-0.3, -0.25) is 4.98 Å². The first-order valence-electron chi connectivity index (χ1n) is 9.56. The van der Waals surface area contributed by atoms with Gasteiger partial charge in [0.15, 0.2) is 6.61 Å². The van der Waals surface area contributed by atoms with Crippen LogP contribution in [0.2, 0.25) is 0 Å². The lowest BCUT2D eigenvalue weighted by Gasteiger charge is -2.12. The fourth-order valence-electron chi connectivity index (χ4n) is 2.92. The van der Waals surface area contributed by atoms with Crippen molar-refractivity contribution in [2.45, 2.75) is 26.2 Å². The van der Waals surface area contributed by atoms with E-state index in [4.69, 9.17) is 24.5 Å². The highest BCUT2D eigenvalue weighted by atomic mass is 16.5. The number of methoxy groups -OCH3 is 1. The second kappa shape index (κ2) is 9.68. The number of aryl methyl sites for hydroxylation is 1. The van der Waals surface area contributed by atoms with E-state index in [2.05, 4.69) is 6.92 Å². The van der Waals surface area contributed by atoms with Crippen LogP contribution in [0.5, 0.6) is 11.5 Å². The highest BCUT2D eigenvalue weighted by Gasteiger charge is 2.13. The predicted octanol–water partition coefficient (Wildman–Crippen LogP) is 4.63. The number of hydrogen-bond donors (Lipinski definition) is 1. The molecule has 0 spiro atoms. The number of aliphatic carboxylic acids is 1. The molecule has 0 unspecified atom stereocenters. The average Bonchev–Trinajstić information content (AvgIpc) is 2.76. The van der Waals surface area contributed by atoms with Crippen molar-refractivity contribution in [2.75, 3.05) is 13.7 Å². The lowest BCUT2D eigenvalue weighted by Crippen LogP contribution is -2.09. The third-order valence-corrected chi connectivity index (χ3v) is 4.46. The maximum absolute atomic E-state index is 10.7. The molecule has 0 fully saturated rings. The Hall–Kier alpha value is -3.41. The summed E-state index contributed by atoms with van der Waals surface area (Å²) >= 11 is 0. The third kappa shape index (κ3) is 5.31. The SMILES string of the molecule is CCCCc1cnc(-c2ccc(OC)cc2)c(-c2ccc(OCC(=O)O)cc2)n1. The molecule has 0 atom stereocenters. The van der Waals surface area contributed by atoms with Crippen molar-refractivity contribution in [3.05, 3.63) is 60.4 Å². The van der Waals surface area contributed by atoms with E-state index >= 15 is 0 Å². The maximum Gasteiger partial charge on any atom is 0.341 e. The quantitative estimate of drug-likeness (QED) is 0.572. The fraction of sp³-hybridized carbons (Fsp3) is 0.261. The van der Waals surface area contributed by atoms with Crippen molar-refractivity contribution in [1.82, 2.24) is 9.97 Å². The van der Waals surface area contributed by atoms with E-state index in [1.165, 1.54) is 0 Å². The predicted molar refractivity (Wildman–Crippen MR) is 111 cm³/mol. The van der Waals surface area contributed by atoms with Gasteiger partial charge in [0, 0.05) is 17.3 Å². The molecule has 0 aliphatic rings. The van der Waals surface area contributed by atoms with Crippen LogP contribution in [0.15, 0.2) is 54.7 Å². The highest BCUT2D eigenvalue weighted by Crippen LogP contribution is 2.31. The molecule has 1 heterocycles. The molecule has 0 aliphatic heterocycles. The maximum atomic E-state index is 10.7. The Kier molecular flexibility index (Phi) is 6.79. The lowest BCUT2D eigenvalue weighted by atomic mass is 10.0. The Balaban J connectivity index is 1.97. The average molecular weight is 392 g/mol. The summed E-state index contributed by atoms with van der Waals surface area (Å²) in [7, 11) is 1.64. The van der Waals surface area contributed by atoms with Gasteiger partial charge in [0.25, 0.3) is 0 Å². The number of carboxylic acid groups (broad SMARTS) is 1. The standard InChI is InChI=1S/C23H24N2O4/c1-3-4-5-18-14-24-22(16-6-10-19(28-2)11-7-16)23(25-18)17-8-12-20(13-9-17)29-15-21(26)27/h6-14H,3-5,15H2,1-2H3,(H,26,27). The van der Waals surface area contributed by atoms with E-state index in [0.717, 1.165) is 53.2 Å². The molecule has 3 rings (SSSR count). The number of benzene rings is 2. The summed E-state index contributed by atoms with van der Waals surface area (Å²) in [6.45, 7) is 1.78. The first kappa shape index (κ1) is 20.3. The molecule has 150 valence electrons. The van der Waals surface area contributed by atoms with Crippen LogP contribution in [-0.4, -0.2) is 34.8 Å². The van der Waals surface area contributed by atoms with Crippen molar-refractivity contribution in [3.8, 4) is 34.0 Å². The Morgan fingerprint density at radius 1 is 0.966 bits per heavy atom. The number of ether oxygens (including phenoxy) is 2. The highest BCUT2D eigenvalue weighted by molar-refractivity contribution is 5.78. The molecule has 0 aliphatic carbocycles. The second-order valence-corrected chi connectivity index (χ2v) is 6.60. The normalized spacial score (nSPS) is 10.6. The van der Waals surface area contributed by atoms with Gasteiger partial charge in [-0.15, -0.1) is 0 Å². The molecule has 1 aromatic heterocycles. The number of hydrogen-bond acceptors (Lipinski definition) is 5. The van der Waals surface area contributed by atoms with E-state index in [1.54, 1.807) is 19.2 Å². The molecule has 1 N–H and O–H groups in total. The van der Waals surface area contributed by atoms with Gasteiger partial charge in [-0.25, -0.2) is 9.78 Å². The van der Waals surface area contributed by atoms with Crippen LogP contribution >= 0.6 is 0 Å². The van der Waals surface area contributed by atoms with Gasteiger partial charge in [0.05, 0.1) is 24.2 Å². The molecule has 0 bridgehead atoms. The minimum absolute atomic E-state index is 0.372. The molecule has 0 radical (unpaired) electrons. The molecule has 6 heteroatoms. The van der Waals surface area contributed by atoms with E-state index in [0.29, 0.717) is 5.75 Å². The van der Waals surface area contributed by atoms with Crippen molar-refractivity contribution >= 4 is 5.97 Å². The smallest absolute Gasteiger partial charge is 0.341 e. The molecule has 0 saturated carbocycles. The largest absolute Gasteiger partial charge is 0.497 e. The molecule has 2 aromatic carbocycles. The number of carbonyl (C=O) groups is 1. The summed E-state index contributed by atoms with van der Waals surface area (Å²) in [5, 5.41) is 8.76. The number of aromatic nitrogens is 2. The summed E-state index contributed by atoms with van der Waals surface area (Å²) in [6.07, 6.45) is 4.85. The van der Waals surface area contributed by atoms with Gasteiger partial charge in [-0.05, 0) is 61.4 Å². The van der Waals surface area contributed by atoms with E-state index < -0.39 is 5.97 Å². The van der Waals surface area contributed by atoms with Crippen LogP contribution in [0.4, 0.5) is 0 Å². The van der Waals surface area contributed by atoms with Crippen LogP contribution in [0.25, 0.3) is 22.5 Å². The van der Waals surface area contributed by atoms with Crippen LogP contribution < -0.4 is 9.47 Å². The zero-order chi connectivity index (χ0) is 20.6. The molecular weight excluding hydrogens is 368 g/mol. The van der Waals surface area contributed by atoms with Crippen LogP contribution in [-0.2, 0) is 11.2 Å². The Labute approximate surface area is 170 Å². The summed E-state index contributed by atoms with van der Waals surface area (Å²) in [6, 6.07) is 15.0. The Morgan fingerprint density at radius 3 is 2.17 bits per heavy atom. The van der Waals surface area contributed by atoms with Crippen LogP contribution in [0.1, 0.15) is 25.5 Å². The van der Waals surface area contributed by atoms with Crippen molar-refractivity contribution in [1.29, 1.82) is 0 Å². The molecule has 6 nitrogen and oxygen atoms in total. The first-order chi connectivity index (χ1) is 14.1. The van der Waals surface area contributed by atoms with Gasteiger partial charge in [-0.1, -0.05) is 13.3 Å². The molecule has 0 amide bonds. The molecular formula is C23H24N2O4. The van der Waals surface area contributed by atoms with Gasteiger partial charge >= 0.3 is 5.97 Å². The zero-order valence-electron chi connectivity index (χ0n) is 16.6. The first-order valence-corrected chi connectivity index (χ1v) is 9.56. The topological polar surface area (TPSA) is 81.5 Å². The zero-order valence-corrected chi connectivity index (χ0v) is 16.6. The number of unbranched alkanes of at least 4 members (excludes halogenated alkanes) is 1. The van der Waals surface area contributed by atoms with Crippen LogP contribution in [0, 0.1) is 0 Å². The Morgan fingerprint density at radius 2 is 1.59 bits per heavy atom. The lowest BCUT2D eigenvalue weighted by molar-refractivity contribution is -0.139. The minimum Gasteiger partial charge on any atom is -0.497 e. The minimum atomic E-state index is -1.01. The summed E-state index contributed by atoms with van der Waals surface area (Å²) in [4.78, 5) is 20.3. The molecule has 0 saturated heterocycles. The van der Waals surface area contributed by atoms with Crippen molar-refractivity contribution in [2.24, 2.45) is 0 Å². The molecule has 3 aromatic rings. The van der Waals surface area contributed by atoms with Crippen LogP contribution in [0.3, 0.4) is 0 Å². The van der Waals surface area contributed by atoms with Gasteiger partial charge in [0.1, 0.15) is 11.5 Å². The van der Waals surface area contributed by atoms with Gasteiger partial charge < -0.3 is 14.6 Å². The molecule has 29 heavy (non-hydrogen) atoms. The fourth-order valence-corrected chi connectivity index (χ4v) is 2.92. The summed E-state index contributed by atoms with van der Waals surface area (Å²) < 4.78 is 10.5. The van der Waals surface area contributed by atoms with Gasteiger partial charge in [-0.2, -0.15) is 0 Å². The van der Waals surface area contributed by atoms with Crippen molar-refractivity contribution < 1.29 is 19.4 Å². The van der Waals surface area contributed by atoms with E-state index in [9.17, 15) is 4.79 Å². The Bertz CT molecular complexity index is 954. The number of nitrogens with zero attached hydrogens (tertiary/aromatic N) is 2. The van der Waals surface area contributed by atoms with E-state index in [1.807, 2.05) is 42.6 Å². The second-order valence-electron chi connectivity index (χ2n) is 6.60.